The van der Waals surface area contributed by atoms with Gasteiger partial charge in [-0.25, -0.2) is 5.43 Å². The van der Waals surface area contributed by atoms with Crippen LogP contribution in [-0.2, 0) is 6.61 Å². The number of rotatable bonds is 8. The van der Waals surface area contributed by atoms with Gasteiger partial charge in [0.15, 0.2) is 0 Å². The smallest absolute Gasteiger partial charge is 0.289 e. The number of ether oxygens (including phenoxy) is 1. The average molecular weight is 457 g/mol. The third kappa shape index (κ3) is 6.41. The van der Waals surface area contributed by atoms with Gasteiger partial charge < -0.3 is 4.74 Å². The van der Waals surface area contributed by atoms with Crippen molar-refractivity contribution in [2.24, 2.45) is 5.10 Å². The van der Waals surface area contributed by atoms with Crippen LogP contribution >= 0.6 is 11.6 Å². The van der Waals surface area contributed by atoms with Gasteiger partial charge in [0.1, 0.15) is 18.1 Å². The highest BCUT2D eigenvalue weighted by molar-refractivity contribution is 6.30. The van der Waals surface area contributed by atoms with Crippen LogP contribution in [0.25, 0.3) is 17.3 Å². The fourth-order valence-electron chi connectivity index (χ4n) is 2.97. The summed E-state index contributed by atoms with van der Waals surface area (Å²) in [6.45, 7) is 0.449. The predicted molar refractivity (Wildman–Crippen MR) is 131 cm³/mol. The number of H-pyrrole nitrogens is 1. The van der Waals surface area contributed by atoms with Gasteiger partial charge in [0.05, 0.1) is 5.69 Å². The molecule has 164 valence electrons. The van der Waals surface area contributed by atoms with Crippen LogP contribution in [0.2, 0.25) is 5.02 Å². The Morgan fingerprint density at radius 1 is 1.03 bits per heavy atom. The van der Waals surface area contributed by atoms with Gasteiger partial charge in [-0.05, 0) is 59.7 Å². The van der Waals surface area contributed by atoms with Crippen LogP contribution in [0.5, 0.6) is 5.75 Å². The van der Waals surface area contributed by atoms with Crippen molar-refractivity contribution < 1.29 is 9.53 Å². The number of hydrogen-bond acceptors (Lipinski definition) is 4. The Hall–Kier alpha value is -4.16. The molecule has 1 aromatic heterocycles. The van der Waals surface area contributed by atoms with E-state index in [1.54, 1.807) is 12.1 Å². The fraction of sp³-hybridized carbons (Fsp3) is 0.0385. The lowest BCUT2D eigenvalue weighted by Crippen LogP contribution is -2.17. The molecule has 3 aromatic carbocycles. The molecule has 0 unspecified atom stereocenters. The molecule has 33 heavy (non-hydrogen) atoms. The normalized spacial score (nSPS) is 11.2. The number of aromatic nitrogens is 2. The third-order valence-electron chi connectivity index (χ3n) is 4.71. The molecule has 0 aliphatic carbocycles. The number of benzene rings is 3. The number of hydrazone groups is 1. The first-order valence-electron chi connectivity index (χ1n) is 10.3. The number of aromatic amines is 1. The summed E-state index contributed by atoms with van der Waals surface area (Å²) in [5, 5.41) is 11.6. The van der Waals surface area contributed by atoms with Crippen molar-refractivity contribution in [2.75, 3.05) is 0 Å². The number of carbonyl (C=O) groups excluding carboxylic acids is 1. The van der Waals surface area contributed by atoms with Crippen molar-refractivity contribution in [3.05, 3.63) is 113 Å². The summed E-state index contributed by atoms with van der Waals surface area (Å²) < 4.78 is 5.80. The Labute approximate surface area is 196 Å². The maximum absolute atomic E-state index is 12.3. The summed E-state index contributed by atoms with van der Waals surface area (Å²) in [6, 6.07) is 26.5. The van der Waals surface area contributed by atoms with E-state index in [2.05, 4.69) is 20.7 Å². The van der Waals surface area contributed by atoms with Crippen LogP contribution < -0.4 is 10.2 Å². The van der Waals surface area contributed by atoms with E-state index in [9.17, 15) is 4.79 Å². The van der Waals surface area contributed by atoms with E-state index >= 15 is 0 Å². The molecule has 2 N–H and O–H groups in total. The molecule has 0 saturated carbocycles. The maximum atomic E-state index is 12.3. The standard InChI is InChI=1S/C26H21ClN4O2/c27-22-12-8-20(9-13-22)18-33-23-14-10-21(11-15-23)24-17-25(30-29-24)26(32)31-28-16-4-7-19-5-2-1-3-6-19/h1-17H,18H2,(H,29,30)(H,31,32)/b7-4+,28-16-. The summed E-state index contributed by atoms with van der Waals surface area (Å²) in [7, 11) is 0. The first-order chi connectivity index (χ1) is 16.2. The van der Waals surface area contributed by atoms with Crippen molar-refractivity contribution >= 4 is 29.8 Å². The second-order valence-electron chi connectivity index (χ2n) is 7.10. The molecule has 0 spiro atoms. The van der Waals surface area contributed by atoms with Crippen molar-refractivity contribution in [2.45, 2.75) is 6.61 Å². The Bertz CT molecular complexity index is 1250. The van der Waals surface area contributed by atoms with E-state index in [0.717, 1.165) is 22.4 Å². The molecule has 6 nitrogen and oxygen atoms in total. The predicted octanol–water partition coefficient (Wildman–Crippen LogP) is 5.74. The number of carbonyl (C=O) groups is 1. The third-order valence-corrected chi connectivity index (χ3v) is 4.96. The van der Waals surface area contributed by atoms with E-state index in [1.807, 2.05) is 84.9 Å². The minimum absolute atomic E-state index is 0.317. The van der Waals surface area contributed by atoms with Gasteiger partial charge in [-0.3, -0.25) is 9.89 Å². The van der Waals surface area contributed by atoms with Gasteiger partial charge >= 0.3 is 0 Å². The quantitative estimate of drug-likeness (QED) is 0.262. The molecule has 0 aliphatic heterocycles. The van der Waals surface area contributed by atoms with Gasteiger partial charge in [-0.15, -0.1) is 0 Å². The second kappa shape index (κ2) is 10.9. The lowest BCUT2D eigenvalue weighted by molar-refractivity contribution is 0.0950. The number of halogens is 1. The minimum atomic E-state index is -0.374. The molecule has 4 aromatic rings. The highest BCUT2D eigenvalue weighted by Gasteiger charge is 2.10. The molecule has 0 saturated heterocycles. The number of hydrogen-bond donors (Lipinski definition) is 2. The molecular weight excluding hydrogens is 436 g/mol. The lowest BCUT2D eigenvalue weighted by atomic mass is 10.1. The summed E-state index contributed by atoms with van der Waals surface area (Å²) in [5.74, 6) is 0.362. The van der Waals surface area contributed by atoms with E-state index in [0.29, 0.717) is 23.0 Å². The van der Waals surface area contributed by atoms with Crippen LogP contribution in [0.15, 0.2) is 96.1 Å². The van der Waals surface area contributed by atoms with E-state index < -0.39 is 0 Å². The van der Waals surface area contributed by atoms with Gasteiger partial charge in [0, 0.05) is 16.8 Å². The molecule has 0 atom stereocenters. The van der Waals surface area contributed by atoms with Crippen LogP contribution in [-0.4, -0.2) is 22.3 Å². The van der Waals surface area contributed by atoms with Crippen LogP contribution in [0, 0.1) is 0 Å². The van der Waals surface area contributed by atoms with Gasteiger partial charge in [-0.1, -0.05) is 60.1 Å². The van der Waals surface area contributed by atoms with Crippen molar-refractivity contribution in [1.29, 1.82) is 0 Å². The molecule has 0 bridgehead atoms. The summed E-state index contributed by atoms with van der Waals surface area (Å²) in [5.41, 5.74) is 6.38. The van der Waals surface area contributed by atoms with Gasteiger partial charge in [-0.2, -0.15) is 10.2 Å². The summed E-state index contributed by atoms with van der Waals surface area (Å²) >= 11 is 5.90. The molecule has 1 heterocycles. The highest BCUT2D eigenvalue weighted by atomic mass is 35.5. The van der Waals surface area contributed by atoms with E-state index in [-0.39, 0.29) is 5.91 Å². The summed E-state index contributed by atoms with van der Waals surface area (Å²) in [6.07, 6.45) is 5.17. The van der Waals surface area contributed by atoms with Crippen LogP contribution in [0.4, 0.5) is 0 Å². The topological polar surface area (TPSA) is 79.4 Å². The Morgan fingerprint density at radius 3 is 2.55 bits per heavy atom. The molecule has 1 amide bonds. The lowest BCUT2D eigenvalue weighted by Gasteiger charge is -2.07. The second-order valence-corrected chi connectivity index (χ2v) is 7.53. The average Bonchev–Trinajstić information content (AvgIpc) is 3.35. The number of nitrogens with one attached hydrogen (secondary N) is 2. The zero-order chi connectivity index (χ0) is 22.9. The molecule has 0 radical (unpaired) electrons. The maximum Gasteiger partial charge on any atom is 0.289 e. The Kier molecular flexibility index (Phi) is 7.30. The van der Waals surface area contributed by atoms with E-state index in [1.165, 1.54) is 6.21 Å². The number of amides is 1. The molecule has 4 rings (SSSR count). The first-order valence-corrected chi connectivity index (χ1v) is 10.6. The number of nitrogens with zero attached hydrogens (tertiary/aromatic N) is 2. The molecule has 0 fully saturated rings. The SMILES string of the molecule is O=C(N/N=C\C=C\c1ccccc1)c1cc(-c2ccc(OCc3ccc(Cl)cc3)cc2)n[nH]1. The van der Waals surface area contributed by atoms with E-state index in [4.69, 9.17) is 16.3 Å². The zero-order valence-electron chi connectivity index (χ0n) is 17.6. The Balaban J connectivity index is 1.29. The Morgan fingerprint density at radius 2 is 1.79 bits per heavy atom. The van der Waals surface area contributed by atoms with Crippen molar-refractivity contribution in [3.63, 3.8) is 0 Å². The highest BCUT2D eigenvalue weighted by Crippen LogP contribution is 2.22. The van der Waals surface area contributed by atoms with Gasteiger partial charge in [0.2, 0.25) is 0 Å². The van der Waals surface area contributed by atoms with Gasteiger partial charge in [0.25, 0.3) is 5.91 Å². The number of allylic oxidation sites excluding steroid dienone is 1. The minimum Gasteiger partial charge on any atom is -0.489 e. The van der Waals surface area contributed by atoms with Crippen LogP contribution in [0.1, 0.15) is 21.6 Å². The van der Waals surface area contributed by atoms with Crippen LogP contribution in [0.3, 0.4) is 0 Å². The van der Waals surface area contributed by atoms with Crippen molar-refractivity contribution in [3.8, 4) is 17.0 Å². The molecule has 0 aliphatic rings. The fourth-order valence-corrected chi connectivity index (χ4v) is 3.10. The molecular formula is C26H21ClN4O2. The van der Waals surface area contributed by atoms with Crippen molar-refractivity contribution in [1.82, 2.24) is 15.6 Å². The first kappa shape index (κ1) is 22.0. The zero-order valence-corrected chi connectivity index (χ0v) is 18.4. The largest absolute Gasteiger partial charge is 0.489 e. The summed E-state index contributed by atoms with van der Waals surface area (Å²) in [4.78, 5) is 12.3. The molecule has 7 heteroatoms. The monoisotopic (exact) mass is 456 g/mol.